The van der Waals surface area contributed by atoms with E-state index < -0.39 is 0 Å². The van der Waals surface area contributed by atoms with Crippen molar-refractivity contribution in [3.05, 3.63) is 85.2 Å². The molecular weight excluding hydrogens is 515 g/mol. The van der Waals surface area contributed by atoms with E-state index in [0.717, 1.165) is 62.7 Å². The lowest BCUT2D eigenvalue weighted by Crippen LogP contribution is -2.18. The van der Waals surface area contributed by atoms with Gasteiger partial charge in [-0.25, -0.2) is 4.39 Å². The van der Waals surface area contributed by atoms with Crippen LogP contribution in [-0.4, -0.2) is 31.1 Å². The second-order valence-electron chi connectivity index (χ2n) is 10.9. The molecule has 0 bridgehead atoms. The van der Waals surface area contributed by atoms with Gasteiger partial charge in [0.05, 0.1) is 34.8 Å². The first kappa shape index (κ1) is 25.1. The van der Waals surface area contributed by atoms with E-state index in [2.05, 4.69) is 36.5 Å². The number of nitrogens with zero attached hydrogens (tertiary/aromatic N) is 3. The summed E-state index contributed by atoms with van der Waals surface area (Å²) in [7, 11) is 0. The first-order chi connectivity index (χ1) is 20.1. The van der Waals surface area contributed by atoms with Crippen molar-refractivity contribution >= 4 is 33.4 Å². The van der Waals surface area contributed by atoms with Crippen LogP contribution in [0.5, 0.6) is 0 Å². The van der Waals surface area contributed by atoms with Gasteiger partial charge in [-0.2, -0.15) is 5.10 Å². The van der Waals surface area contributed by atoms with Crippen LogP contribution in [-0.2, 0) is 4.79 Å². The molecule has 3 N–H and O–H groups in total. The maximum absolute atomic E-state index is 14.6. The molecule has 0 radical (unpaired) electrons. The van der Waals surface area contributed by atoms with Crippen LogP contribution < -0.4 is 5.32 Å². The van der Waals surface area contributed by atoms with Crippen molar-refractivity contribution in [2.75, 3.05) is 5.32 Å². The molecule has 1 aliphatic carbocycles. The van der Waals surface area contributed by atoms with E-state index in [4.69, 9.17) is 0 Å². The second kappa shape index (κ2) is 10.6. The molecule has 41 heavy (non-hydrogen) atoms. The predicted octanol–water partition coefficient (Wildman–Crippen LogP) is 7.88. The highest BCUT2D eigenvalue weighted by Crippen LogP contribution is 2.36. The Balaban J connectivity index is 1.20. The minimum atomic E-state index is -0.291. The van der Waals surface area contributed by atoms with Crippen LogP contribution in [0.15, 0.2) is 79.4 Å². The van der Waals surface area contributed by atoms with Gasteiger partial charge in [-0.05, 0) is 54.7 Å². The fourth-order valence-electron chi connectivity index (χ4n) is 6.00. The number of amides is 1. The highest BCUT2D eigenvalue weighted by molar-refractivity contribution is 6.01. The number of nitrogens with one attached hydrogen (secondary N) is 3. The number of rotatable bonds is 6. The van der Waals surface area contributed by atoms with Crippen LogP contribution in [0.3, 0.4) is 0 Å². The maximum atomic E-state index is 14.6. The summed E-state index contributed by atoms with van der Waals surface area (Å²) >= 11 is 0. The molecule has 6 aromatic rings. The van der Waals surface area contributed by atoms with Crippen LogP contribution in [0, 0.1) is 11.7 Å². The van der Waals surface area contributed by atoms with Gasteiger partial charge in [0.25, 0.3) is 0 Å². The Kier molecular flexibility index (Phi) is 6.51. The number of H-pyrrole nitrogens is 2. The van der Waals surface area contributed by atoms with Crippen LogP contribution in [0.4, 0.5) is 10.1 Å². The summed E-state index contributed by atoms with van der Waals surface area (Å²) in [4.78, 5) is 24.9. The van der Waals surface area contributed by atoms with E-state index in [9.17, 15) is 9.18 Å². The number of halogens is 1. The topological polar surface area (TPSA) is 99.3 Å². The lowest BCUT2D eigenvalue weighted by Gasteiger charge is -2.20. The quantitative estimate of drug-likeness (QED) is 0.199. The van der Waals surface area contributed by atoms with Crippen molar-refractivity contribution in [3.63, 3.8) is 0 Å². The number of aromatic amines is 2. The van der Waals surface area contributed by atoms with E-state index in [1.807, 2.05) is 30.3 Å². The van der Waals surface area contributed by atoms with E-state index in [0.29, 0.717) is 23.6 Å². The van der Waals surface area contributed by atoms with E-state index in [-0.39, 0.29) is 11.7 Å². The van der Waals surface area contributed by atoms with Crippen molar-refractivity contribution in [3.8, 4) is 33.6 Å². The Morgan fingerprint density at radius 2 is 1.71 bits per heavy atom. The SMILES string of the molecule is O=C(CC1CCCCC1)Nc1cncc(-c2ccc3[nH]nc(-c4cc5c(-c6ccccc6F)cncc5[nH]4)c3c2)c1. The van der Waals surface area contributed by atoms with Crippen molar-refractivity contribution in [2.45, 2.75) is 38.5 Å². The van der Waals surface area contributed by atoms with E-state index in [1.54, 1.807) is 36.9 Å². The lowest BCUT2D eigenvalue weighted by molar-refractivity contribution is -0.117. The molecule has 0 unspecified atom stereocenters. The van der Waals surface area contributed by atoms with Gasteiger partial charge < -0.3 is 10.3 Å². The zero-order valence-corrected chi connectivity index (χ0v) is 22.5. The molecule has 0 aliphatic heterocycles. The monoisotopic (exact) mass is 544 g/mol. The van der Waals surface area contributed by atoms with Crippen molar-refractivity contribution in [1.82, 2.24) is 25.1 Å². The third kappa shape index (κ3) is 4.97. The number of aromatic nitrogens is 5. The number of carbonyl (C=O) groups is 1. The van der Waals surface area contributed by atoms with Gasteiger partial charge in [0.1, 0.15) is 11.5 Å². The summed E-state index contributed by atoms with van der Waals surface area (Å²) in [5, 5.41) is 12.6. The van der Waals surface area contributed by atoms with Crippen molar-refractivity contribution in [1.29, 1.82) is 0 Å². The third-order valence-corrected chi connectivity index (χ3v) is 8.08. The standard InChI is InChI=1S/C33H29FN6O/c34-28-9-5-4-8-24(28)27-18-36-19-31-25(27)15-30(38-31)33-26-14-21(10-11-29(26)39-40-33)22-13-23(17-35-16-22)37-32(41)12-20-6-2-1-3-7-20/h4-5,8-11,13-20,38H,1-3,6-7,12H2,(H,37,41)(H,39,40). The van der Waals surface area contributed by atoms with Crippen molar-refractivity contribution in [2.24, 2.45) is 5.92 Å². The Morgan fingerprint density at radius 3 is 2.59 bits per heavy atom. The van der Waals surface area contributed by atoms with Gasteiger partial charge in [-0.15, -0.1) is 0 Å². The van der Waals surface area contributed by atoms with Gasteiger partial charge in [-0.1, -0.05) is 43.5 Å². The van der Waals surface area contributed by atoms with Crippen LogP contribution in [0.1, 0.15) is 38.5 Å². The molecule has 1 aliphatic rings. The van der Waals surface area contributed by atoms with Gasteiger partial charge in [0.15, 0.2) is 0 Å². The van der Waals surface area contributed by atoms with Crippen molar-refractivity contribution < 1.29 is 9.18 Å². The number of carbonyl (C=O) groups excluding carboxylic acids is 1. The average molecular weight is 545 g/mol. The smallest absolute Gasteiger partial charge is 0.224 e. The molecule has 8 heteroatoms. The number of anilines is 1. The first-order valence-corrected chi connectivity index (χ1v) is 14.1. The van der Waals surface area contributed by atoms with E-state index in [1.165, 1.54) is 25.3 Å². The van der Waals surface area contributed by atoms with Crippen LogP contribution in [0.25, 0.3) is 55.4 Å². The highest BCUT2D eigenvalue weighted by Gasteiger charge is 2.18. The van der Waals surface area contributed by atoms with Crippen LogP contribution in [0.2, 0.25) is 0 Å². The molecule has 0 spiro atoms. The molecular formula is C33H29FN6O. The summed E-state index contributed by atoms with van der Waals surface area (Å²) in [5.41, 5.74) is 7.02. The summed E-state index contributed by atoms with van der Waals surface area (Å²) in [6.07, 6.45) is 13.5. The Morgan fingerprint density at radius 1 is 0.854 bits per heavy atom. The summed E-state index contributed by atoms with van der Waals surface area (Å²) in [6.45, 7) is 0. The second-order valence-corrected chi connectivity index (χ2v) is 10.9. The Bertz CT molecular complexity index is 1880. The number of hydrogen-bond acceptors (Lipinski definition) is 4. The molecule has 204 valence electrons. The molecule has 4 heterocycles. The van der Waals surface area contributed by atoms with Gasteiger partial charge in [-0.3, -0.25) is 19.9 Å². The van der Waals surface area contributed by atoms with Gasteiger partial charge in [0.2, 0.25) is 5.91 Å². The van der Waals surface area contributed by atoms with Crippen LogP contribution >= 0.6 is 0 Å². The molecule has 1 fully saturated rings. The largest absolute Gasteiger partial charge is 0.352 e. The molecule has 7 nitrogen and oxygen atoms in total. The summed E-state index contributed by atoms with van der Waals surface area (Å²) in [5.74, 6) is 0.233. The fourth-order valence-corrected chi connectivity index (χ4v) is 6.00. The first-order valence-electron chi connectivity index (χ1n) is 14.1. The molecule has 1 saturated carbocycles. The van der Waals surface area contributed by atoms with Gasteiger partial charge >= 0.3 is 0 Å². The molecule has 7 rings (SSSR count). The summed E-state index contributed by atoms with van der Waals surface area (Å²) < 4.78 is 14.6. The molecule has 0 saturated heterocycles. The predicted molar refractivity (Wildman–Crippen MR) is 160 cm³/mol. The zero-order valence-electron chi connectivity index (χ0n) is 22.5. The fraction of sp³-hybridized carbons (Fsp3) is 0.212. The molecule has 1 amide bonds. The third-order valence-electron chi connectivity index (χ3n) is 8.08. The normalized spacial score (nSPS) is 14.1. The number of hydrogen-bond donors (Lipinski definition) is 3. The Hall–Kier alpha value is -4.85. The molecule has 4 aromatic heterocycles. The minimum absolute atomic E-state index is 0.0477. The molecule has 2 aromatic carbocycles. The summed E-state index contributed by atoms with van der Waals surface area (Å²) in [6, 6.07) is 16.7. The number of benzene rings is 2. The zero-order chi connectivity index (χ0) is 27.8. The molecule has 0 atom stereocenters. The minimum Gasteiger partial charge on any atom is -0.352 e. The maximum Gasteiger partial charge on any atom is 0.224 e. The lowest BCUT2D eigenvalue weighted by atomic mass is 9.87. The van der Waals surface area contributed by atoms with Gasteiger partial charge in [0, 0.05) is 46.3 Å². The van der Waals surface area contributed by atoms with E-state index >= 15 is 0 Å². The number of pyridine rings is 2. The number of fused-ring (bicyclic) bond motifs is 2. The average Bonchev–Trinajstić information content (AvgIpc) is 3.62. The Labute approximate surface area is 236 Å². The highest BCUT2D eigenvalue weighted by atomic mass is 19.1.